The quantitative estimate of drug-likeness (QED) is 0.828. The summed E-state index contributed by atoms with van der Waals surface area (Å²) in [5.74, 6) is 1.62. The summed E-state index contributed by atoms with van der Waals surface area (Å²) in [6, 6.07) is 7.59. The van der Waals surface area contributed by atoms with Crippen molar-refractivity contribution >= 4 is 0 Å². The Morgan fingerprint density at radius 3 is 3.06 bits per heavy atom. The standard InChI is InChI=1S/C12H17NO3/c1-14-10-3-2-4-11(7-10)16-9-12-8-13-5-6-15-12/h2-4,7,12-13H,5-6,8-9H2,1H3/t12-/m1/s1. The van der Waals surface area contributed by atoms with Crippen LogP contribution in [0.5, 0.6) is 11.5 Å². The summed E-state index contributed by atoms with van der Waals surface area (Å²) < 4.78 is 16.3. The molecule has 4 heteroatoms. The smallest absolute Gasteiger partial charge is 0.123 e. The van der Waals surface area contributed by atoms with E-state index in [1.54, 1.807) is 7.11 Å². The van der Waals surface area contributed by atoms with E-state index in [2.05, 4.69) is 5.32 Å². The van der Waals surface area contributed by atoms with Crippen LogP contribution in [0.3, 0.4) is 0 Å². The van der Waals surface area contributed by atoms with Crippen LogP contribution in [0.4, 0.5) is 0 Å². The minimum absolute atomic E-state index is 0.139. The zero-order chi connectivity index (χ0) is 11.2. The molecule has 0 aromatic heterocycles. The minimum atomic E-state index is 0.139. The van der Waals surface area contributed by atoms with Crippen molar-refractivity contribution in [1.29, 1.82) is 0 Å². The summed E-state index contributed by atoms with van der Waals surface area (Å²) in [5.41, 5.74) is 0. The van der Waals surface area contributed by atoms with Crippen LogP contribution in [0, 0.1) is 0 Å². The molecule has 16 heavy (non-hydrogen) atoms. The lowest BCUT2D eigenvalue weighted by atomic mass is 10.3. The van der Waals surface area contributed by atoms with Crippen LogP contribution >= 0.6 is 0 Å². The van der Waals surface area contributed by atoms with E-state index in [-0.39, 0.29) is 6.10 Å². The monoisotopic (exact) mass is 223 g/mol. The fourth-order valence-corrected chi connectivity index (χ4v) is 1.61. The van der Waals surface area contributed by atoms with E-state index >= 15 is 0 Å². The van der Waals surface area contributed by atoms with Crippen LogP contribution in [0.1, 0.15) is 0 Å². The molecule has 2 rings (SSSR count). The first kappa shape index (κ1) is 11.2. The number of ether oxygens (including phenoxy) is 3. The van der Waals surface area contributed by atoms with E-state index in [0.717, 1.165) is 31.2 Å². The maximum absolute atomic E-state index is 5.64. The highest BCUT2D eigenvalue weighted by Gasteiger charge is 2.13. The van der Waals surface area contributed by atoms with Gasteiger partial charge in [-0.15, -0.1) is 0 Å². The molecule has 4 nitrogen and oxygen atoms in total. The van der Waals surface area contributed by atoms with E-state index in [1.165, 1.54) is 0 Å². The second-order valence-electron chi connectivity index (χ2n) is 3.69. The average Bonchev–Trinajstić information content (AvgIpc) is 2.38. The van der Waals surface area contributed by atoms with E-state index in [9.17, 15) is 0 Å². The second kappa shape index (κ2) is 5.72. The Hall–Kier alpha value is -1.26. The Balaban J connectivity index is 1.83. The third kappa shape index (κ3) is 3.12. The van der Waals surface area contributed by atoms with E-state index in [4.69, 9.17) is 14.2 Å². The van der Waals surface area contributed by atoms with Crippen molar-refractivity contribution in [2.75, 3.05) is 33.4 Å². The molecule has 88 valence electrons. The molecular weight excluding hydrogens is 206 g/mol. The molecule has 0 radical (unpaired) electrons. The van der Waals surface area contributed by atoms with Gasteiger partial charge in [-0.1, -0.05) is 6.07 Å². The average molecular weight is 223 g/mol. The first-order valence-electron chi connectivity index (χ1n) is 5.47. The number of benzene rings is 1. The van der Waals surface area contributed by atoms with Crippen molar-refractivity contribution in [2.45, 2.75) is 6.10 Å². The van der Waals surface area contributed by atoms with Crippen LogP contribution in [0.15, 0.2) is 24.3 Å². The molecule has 1 N–H and O–H groups in total. The van der Waals surface area contributed by atoms with E-state index in [1.807, 2.05) is 24.3 Å². The first-order valence-corrected chi connectivity index (χ1v) is 5.47. The lowest BCUT2D eigenvalue weighted by Crippen LogP contribution is -2.41. The minimum Gasteiger partial charge on any atom is -0.497 e. The van der Waals surface area contributed by atoms with Gasteiger partial charge in [-0.05, 0) is 12.1 Å². The van der Waals surface area contributed by atoms with Gasteiger partial charge in [-0.2, -0.15) is 0 Å². The predicted octanol–water partition coefficient (Wildman–Crippen LogP) is 1.06. The van der Waals surface area contributed by atoms with Crippen molar-refractivity contribution < 1.29 is 14.2 Å². The van der Waals surface area contributed by atoms with Gasteiger partial charge in [-0.3, -0.25) is 0 Å². The van der Waals surface area contributed by atoms with Gasteiger partial charge in [0.1, 0.15) is 24.2 Å². The third-order valence-corrected chi connectivity index (χ3v) is 2.48. The number of nitrogens with one attached hydrogen (secondary N) is 1. The number of hydrogen-bond donors (Lipinski definition) is 1. The Bertz CT molecular complexity index is 324. The number of morpholine rings is 1. The largest absolute Gasteiger partial charge is 0.497 e. The molecule has 0 amide bonds. The summed E-state index contributed by atoms with van der Waals surface area (Å²) >= 11 is 0. The van der Waals surface area contributed by atoms with E-state index < -0.39 is 0 Å². The molecule has 0 aliphatic carbocycles. The predicted molar refractivity (Wildman–Crippen MR) is 61.1 cm³/mol. The molecular formula is C12H17NO3. The molecule has 1 aliphatic heterocycles. The Kier molecular flexibility index (Phi) is 4.02. The summed E-state index contributed by atoms with van der Waals surface area (Å²) in [4.78, 5) is 0. The zero-order valence-electron chi connectivity index (χ0n) is 9.44. The van der Waals surface area contributed by atoms with Gasteiger partial charge >= 0.3 is 0 Å². The van der Waals surface area contributed by atoms with Gasteiger partial charge < -0.3 is 19.5 Å². The topological polar surface area (TPSA) is 39.7 Å². The van der Waals surface area contributed by atoms with Crippen molar-refractivity contribution in [3.8, 4) is 11.5 Å². The molecule has 1 saturated heterocycles. The molecule has 1 aliphatic rings. The summed E-state index contributed by atoms with van der Waals surface area (Å²) in [6.45, 7) is 3.10. The summed E-state index contributed by atoms with van der Waals surface area (Å²) in [5, 5.41) is 3.26. The lowest BCUT2D eigenvalue weighted by Gasteiger charge is -2.23. The van der Waals surface area contributed by atoms with Crippen molar-refractivity contribution in [1.82, 2.24) is 5.32 Å². The third-order valence-electron chi connectivity index (χ3n) is 2.48. The Morgan fingerprint density at radius 2 is 2.31 bits per heavy atom. The summed E-state index contributed by atoms with van der Waals surface area (Å²) in [6.07, 6.45) is 0.139. The molecule has 0 bridgehead atoms. The normalized spacial score (nSPS) is 20.4. The molecule has 1 heterocycles. The van der Waals surface area contributed by atoms with Gasteiger partial charge in [0.25, 0.3) is 0 Å². The highest BCUT2D eigenvalue weighted by Crippen LogP contribution is 2.19. The van der Waals surface area contributed by atoms with Gasteiger partial charge in [0.05, 0.1) is 13.7 Å². The molecule has 1 fully saturated rings. The van der Waals surface area contributed by atoms with E-state index in [0.29, 0.717) is 6.61 Å². The lowest BCUT2D eigenvalue weighted by molar-refractivity contribution is 0.000159. The first-order chi connectivity index (χ1) is 7.88. The van der Waals surface area contributed by atoms with Crippen LogP contribution in [0.2, 0.25) is 0 Å². The van der Waals surface area contributed by atoms with Crippen LogP contribution in [-0.2, 0) is 4.74 Å². The molecule has 0 spiro atoms. The number of hydrogen-bond acceptors (Lipinski definition) is 4. The molecule has 1 aromatic carbocycles. The number of methoxy groups -OCH3 is 1. The van der Waals surface area contributed by atoms with Crippen molar-refractivity contribution in [3.05, 3.63) is 24.3 Å². The zero-order valence-corrected chi connectivity index (χ0v) is 9.44. The fraction of sp³-hybridized carbons (Fsp3) is 0.500. The van der Waals surface area contributed by atoms with Crippen molar-refractivity contribution in [3.63, 3.8) is 0 Å². The Labute approximate surface area is 95.5 Å². The SMILES string of the molecule is COc1cccc(OC[C@H]2CNCCO2)c1. The molecule has 1 atom stereocenters. The number of rotatable bonds is 4. The van der Waals surface area contributed by atoms with Gasteiger partial charge in [0.15, 0.2) is 0 Å². The van der Waals surface area contributed by atoms with Crippen LogP contribution in [-0.4, -0.2) is 39.5 Å². The fourth-order valence-electron chi connectivity index (χ4n) is 1.61. The van der Waals surface area contributed by atoms with Crippen molar-refractivity contribution in [2.24, 2.45) is 0 Å². The van der Waals surface area contributed by atoms with Gasteiger partial charge in [-0.25, -0.2) is 0 Å². The van der Waals surface area contributed by atoms with Gasteiger partial charge in [0, 0.05) is 19.2 Å². The highest BCUT2D eigenvalue weighted by molar-refractivity contribution is 5.32. The summed E-state index contributed by atoms with van der Waals surface area (Å²) in [7, 11) is 1.65. The second-order valence-corrected chi connectivity index (χ2v) is 3.69. The van der Waals surface area contributed by atoms with Crippen LogP contribution in [0.25, 0.3) is 0 Å². The maximum atomic E-state index is 5.64. The Morgan fingerprint density at radius 1 is 1.44 bits per heavy atom. The van der Waals surface area contributed by atoms with Gasteiger partial charge in [0.2, 0.25) is 0 Å². The molecule has 0 saturated carbocycles. The van der Waals surface area contributed by atoms with Crippen LogP contribution < -0.4 is 14.8 Å². The highest BCUT2D eigenvalue weighted by atomic mass is 16.5. The molecule has 1 aromatic rings. The molecule has 0 unspecified atom stereocenters. The maximum Gasteiger partial charge on any atom is 0.123 e.